The van der Waals surface area contributed by atoms with Gasteiger partial charge in [0.25, 0.3) is 5.69 Å². The van der Waals surface area contributed by atoms with Gasteiger partial charge in [-0.1, -0.05) is 30.4 Å². The van der Waals surface area contributed by atoms with Crippen molar-refractivity contribution in [2.24, 2.45) is 0 Å². The van der Waals surface area contributed by atoms with Gasteiger partial charge in [0.2, 0.25) is 0 Å². The van der Waals surface area contributed by atoms with Crippen LogP contribution in [0.25, 0.3) is 0 Å². The molecule has 1 aliphatic heterocycles. The molecule has 1 saturated heterocycles. The van der Waals surface area contributed by atoms with Crippen molar-refractivity contribution in [3.05, 3.63) is 39.9 Å². The molecule has 3 rings (SSSR count). The van der Waals surface area contributed by atoms with E-state index in [1.54, 1.807) is 18.2 Å². The Labute approximate surface area is 133 Å². The second-order valence-electron chi connectivity index (χ2n) is 5.82. The zero-order chi connectivity index (χ0) is 16.4. The molecule has 3 atom stereocenters. The summed E-state index contributed by atoms with van der Waals surface area (Å²) < 4.78 is 10.9. The third-order valence-electron chi connectivity index (χ3n) is 4.19. The first-order valence-electron chi connectivity index (χ1n) is 7.63. The lowest BCUT2D eigenvalue weighted by Crippen LogP contribution is -2.17. The Bertz CT molecular complexity index is 704. The summed E-state index contributed by atoms with van der Waals surface area (Å²) in [6.45, 7) is 1.26. The number of benzene rings is 1. The van der Waals surface area contributed by atoms with Gasteiger partial charge in [0.15, 0.2) is 11.7 Å². The molecule has 6 heteroatoms. The number of esters is 1. The van der Waals surface area contributed by atoms with Crippen LogP contribution in [0.15, 0.2) is 24.3 Å². The van der Waals surface area contributed by atoms with E-state index in [4.69, 9.17) is 9.47 Å². The molecule has 2 aliphatic rings. The van der Waals surface area contributed by atoms with Gasteiger partial charge >= 0.3 is 5.97 Å². The molecule has 2 fully saturated rings. The van der Waals surface area contributed by atoms with Crippen LogP contribution in [0.1, 0.15) is 44.3 Å². The van der Waals surface area contributed by atoms with Gasteiger partial charge in [-0.3, -0.25) is 14.9 Å². The smallest absolute Gasteiger partial charge is 0.304 e. The van der Waals surface area contributed by atoms with E-state index < -0.39 is 22.6 Å². The van der Waals surface area contributed by atoms with Gasteiger partial charge < -0.3 is 9.47 Å². The summed E-state index contributed by atoms with van der Waals surface area (Å²) in [5, 5.41) is 11.2. The van der Waals surface area contributed by atoms with Gasteiger partial charge in [0.05, 0.1) is 16.6 Å². The molecule has 0 bridgehead atoms. The summed E-state index contributed by atoms with van der Waals surface area (Å²) in [4.78, 5) is 22.0. The highest BCUT2D eigenvalue weighted by Crippen LogP contribution is 2.47. The fourth-order valence-corrected chi connectivity index (χ4v) is 3.02. The minimum atomic E-state index is -0.963. The summed E-state index contributed by atoms with van der Waals surface area (Å²) in [6.07, 6.45) is 3.20. The lowest BCUT2D eigenvalue weighted by molar-refractivity contribution is -0.386. The van der Waals surface area contributed by atoms with E-state index in [-0.39, 0.29) is 17.4 Å². The average molecular weight is 315 g/mol. The third-order valence-corrected chi connectivity index (χ3v) is 4.19. The highest BCUT2D eigenvalue weighted by atomic mass is 16.6. The van der Waals surface area contributed by atoms with E-state index >= 15 is 0 Å². The first kappa shape index (κ1) is 15.5. The second kappa shape index (κ2) is 6.01. The molecule has 23 heavy (non-hydrogen) atoms. The Morgan fingerprint density at radius 1 is 1.48 bits per heavy atom. The zero-order valence-electron chi connectivity index (χ0n) is 12.8. The maximum absolute atomic E-state index is 11.4. The summed E-state index contributed by atoms with van der Waals surface area (Å²) >= 11 is 0. The van der Waals surface area contributed by atoms with Crippen LogP contribution in [0.4, 0.5) is 5.69 Å². The van der Waals surface area contributed by atoms with Crippen molar-refractivity contribution in [2.75, 3.05) is 0 Å². The summed E-state index contributed by atoms with van der Waals surface area (Å²) in [5.74, 6) is 5.43. The monoisotopic (exact) mass is 315 g/mol. The molecular weight excluding hydrogens is 298 g/mol. The third kappa shape index (κ3) is 3.20. The van der Waals surface area contributed by atoms with Crippen LogP contribution in [0, 0.1) is 22.0 Å². The van der Waals surface area contributed by atoms with Crippen LogP contribution in [-0.4, -0.2) is 22.6 Å². The van der Waals surface area contributed by atoms with Gasteiger partial charge in [-0.25, -0.2) is 0 Å². The molecule has 120 valence electrons. The van der Waals surface area contributed by atoms with Crippen molar-refractivity contribution in [1.82, 2.24) is 0 Å². The van der Waals surface area contributed by atoms with Crippen molar-refractivity contribution in [3.63, 3.8) is 0 Å². The van der Waals surface area contributed by atoms with Crippen molar-refractivity contribution in [3.8, 4) is 11.8 Å². The quantitative estimate of drug-likeness (QED) is 0.281. The first-order valence-corrected chi connectivity index (χ1v) is 7.63. The van der Waals surface area contributed by atoms with E-state index in [1.165, 1.54) is 13.0 Å². The highest BCUT2D eigenvalue weighted by Gasteiger charge is 2.56. The topological polar surface area (TPSA) is 82.0 Å². The molecule has 1 aliphatic carbocycles. The lowest BCUT2D eigenvalue weighted by atomic mass is 9.89. The fraction of sp³-hybridized carbons (Fsp3) is 0.471. The van der Waals surface area contributed by atoms with Crippen LogP contribution in [0.2, 0.25) is 0 Å². The highest BCUT2D eigenvalue weighted by molar-refractivity contribution is 5.67. The summed E-state index contributed by atoms with van der Waals surface area (Å²) in [5.41, 5.74) is -0.271. The fourth-order valence-electron chi connectivity index (χ4n) is 3.02. The zero-order valence-corrected chi connectivity index (χ0v) is 12.8. The average Bonchev–Trinajstić information content (AvgIpc) is 3.26. The van der Waals surface area contributed by atoms with E-state index in [0.717, 1.165) is 25.7 Å². The minimum Gasteiger partial charge on any atom is -0.444 e. The van der Waals surface area contributed by atoms with Crippen molar-refractivity contribution in [2.45, 2.75) is 50.4 Å². The number of hydrogen-bond acceptors (Lipinski definition) is 5. The van der Waals surface area contributed by atoms with Crippen molar-refractivity contribution < 1.29 is 19.2 Å². The van der Waals surface area contributed by atoms with Gasteiger partial charge in [-0.15, -0.1) is 0 Å². The Kier molecular flexibility index (Phi) is 4.05. The number of nitrogens with zero attached hydrogens (tertiary/aromatic N) is 1. The second-order valence-corrected chi connectivity index (χ2v) is 5.82. The molecule has 3 unspecified atom stereocenters. The van der Waals surface area contributed by atoms with Crippen molar-refractivity contribution in [1.29, 1.82) is 0 Å². The number of rotatable bonds is 3. The number of hydrogen-bond donors (Lipinski definition) is 0. The number of epoxide rings is 1. The molecule has 6 nitrogen and oxygen atoms in total. The summed E-state index contributed by atoms with van der Waals surface area (Å²) in [6, 6.07) is 6.17. The number of fused-ring (bicyclic) bond motifs is 1. The largest absolute Gasteiger partial charge is 0.444 e. The van der Waals surface area contributed by atoms with Crippen LogP contribution >= 0.6 is 0 Å². The van der Waals surface area contributed by atoms with E-state index in [9.17, 15) is 14.9 Å². The molecule has 1 heterocycles. The van der Waals surface area contributed by atoms with Crippen LogP contribution < -0.4 is 0 Å². The van der Waals surface area contributed by atoms with E-state index in [1.807, 2.05) is 0 Å². The molecule has 0 aromatic heterocycles. The first-order chi connectivity index (χ1) is 11.0. The molecule has 0 N–H and O–H groups in total. The normalized spacial score (nSPS) is 26.2. The number of nitro benzene ring substituents is 1. The molecule has 0 radical (unpaired) electrons. The molecular formula is C17H17NO5. The Hall–Kier alpha value is -2.39. The predicted octanol–water partition coefficient (Wildman–Crippen LogP) is 2.91. The van der Waals surface area contributed by atoms with E-state index in [0.29, 0.717) is 0 Å². The van der Waals surface area contributed by atoms with Crippen LogP contribution in [-0.2, 0) is 14.3 Å². The molecule has 1 saturated carbocycles. The Balaban J connectivity index is 1.91. The predicted molar refractivity (Wildman–Crippen MR) is 81.5 cm³/mol. The molecule has 0 spiro atoms. The molecule has 1 aromatic carbocycles. The molecule has 0 amide bonds. The maximum atomic E-state index is 11.4. The lowest BCUT2D eigenvalue weighted by Gasteiger charge is -2.13. The van der Waals surface area contributed by atoms with Gasteiger partial charge in [-0.2, -0.15) is 0 Å². The SMILES string of the molecule is CC(=O)OC(C#CC12CCCCC1O2)c1ccccc1[N+](=O)[O-]. The Morgan fingerprint density at radius 2 is 2.26 bits per heavy atom. The maximum Gasteiger partial charge on any atom is 0.304 e. The van der Waals surface area contributed by atoms with Gasteiger partial charge in [0.1, 0.15) is 0 Å². The number of para-hydroxylation sites is 1. The number of carbonyl (C=O) groups excluding carboxylic acids is 1. The van der Waals surface area contributed by atoms with Crippen LogP contribution in [0.3, 0.4) is 0 Å². The number of ether oxygens (including phenoxy) is 2. The number of carbonyl (C=O) groups is 1. The van der Waals surface area contributed by atoms with E-state index in [2.05, 4.69) is 11.8 Å². The molecule has 1 aromatic rings. The minimum absolute atomic E-state index is 0.109. The number of nitro groups is 1. The van der Waals surface area contributed by atoms with Crippen molar-refractivity contribution >= 4 is 11.7 Å². The van der Waals surface area contributed by atoms with Gasteiger partial charge in [0, 0.05) is 13.0 Å². The summed E-state index contributed by atoms with van der Waals surface area (Å²) in [7, 11) is 0. The van der Waals surface area contributed by atoms with Crippen LogP contribution in [0.5, 0.6) is 0 Å². The Morgan fingerprint density at radius 3 is 2.96 bits per heavy atom. The standard InChI is InChI=1S/C17H17NO5/c1-12(19)22-15(13-6-2-3-7-14(13)18(20)21)9-11-17-10-5-4-8-16(17)23-17/h2-3,6-7,15-16H,4-5,8,10H2,1H3. The van der Waals surface area contributed by atoms with Gasteiger partial charge in [-0.05, 0) is 25.3 Å².